The van der Waals surface area contributed by atoms with Crippen molar-refractivity contribution in [2.45, 2.75) is 129 Å². The molecule has 0 atom stereocenters. The van der Waals surface area contributed by atoms with E-state index in [4.69, 9.17) is 5.11 Å². The minimum absolute atomic E-state index is 0.0510. The summed E-state index contributed by atoms with van der Waals surface area (Å²) in [7, 11) is 0. The number of amides is 2. The van der Waals surface area contributed by atoms with E-state index in [1.165, 1.54) is 96.3 Å². The maximum atomic E-state index is 11.6. The maximum absolute atomic E-state index is 11.6. The van der Waals surface area contributed by atoms with Crippen LogP contribution in [-0.4, -0.2) is 30.8 Å². The molecule has 3 N–H and O–H groups in total. The topological polar surface area (TPSA) is 61.4 Å². The number of urea groups is 1. The van der Waals surface area contributed by atoms with Crippen LogP contribution in [-0.2, 0) is 0 Å². The second-order valence-electron chi connectivity index (χ2n) is 8.27. The predicted octanol–water partition coefficient (Wildman–Crippen LogP) is 6.71. The highest BCUT2D eigenvalue weighted by Crippen LogP contribution is 2.13. The lowest BCUT2D eigenvalue weighted by molar-refractivity contribution is 0.240. The summed E-state index contributed by atoms with van der Waals surface area (Å²) in [5.41, 5.74) is 0. The van der Waals surface area contributed by atoms with Gasteiger partial charge in [0.2, 0.25) is 0 Å². The Morgan fingerprint density at radius 3 is 1.21 bits per heavy atom. The van der Waals surface area contributed by atoms with Crippen LogP contribution in [0.5, 0.6) is 0 Å². The zero-order chi connectivity index (χ0) is 20.5. The lowest BCUT2D eigenvalue weighted by Gasteiger charge is -2.07. The third kappa shape index (κ3) is 23.3. The smallest absolute Gasteiger partial charge is 0.314 e. The summed E-state index contributed by atoms with van der Waals surface area (Å²) in [4.78, 5) is 11.6. The van der Waals surface area contributed by atoms with Crippen LogP contribution in [0.15, 0.2) is 0 Å². The molecule has 2 amide bonds. The average Bonchev–Trinajstić information content (AvgIpc) is 2.70. The van der Waals surface area contributed by atoms with Crippen LogP contribution in [0.2, 0.25) is 0 Å². The molecule has 0 spiro atoms. The molecular weight excluding hydrogens is 348 g/mol. The van der Waals surface area contributed by atoms with E-state index in [0.29, 0.717) is 6.54 Å². The van der Waals surface area contributed by atoms with Gasteiger partial charge in [-0.2, -0.15) is 0 Å². The van der Waals surface area contributed by atoms with Gasteiger partial charge in [0, 0.05) is 19.7 Å². The minimum Gasteiger partial charge on any atom is -0.396 e. The molecule has 0 aliphatic heterocycles. The molecule has 0 aliphatic rings. The summed E-state index contributed by atoms with van der Waals surface area (Å²) in [6, 6.07) is -0.0510. The Bertz CT molecular complexity index is 311. The van der Waals surface area contributed by atoms with Crippen molar-refractivity contribution < 1.29 is 9.90 Å². The Kier molecular flexibility index (Phi) is 23.6. The quantitative estimate of drug-likeness (QED) is 0.177. The van der Waals surface area contributed by atoms with Gasteiger partial charge >= 0.3 is 6.03 Å². The van der Waals surface area contributed by atoms with Gasteiger partial charge in [-0.05, 0) is 25.7 Å². The zero-order valence-electron chi connectivity index (χ0n) is 18.9. The molecule has 0 rings (SSSR count). The largest absolute Gasteiger partial charge is 0.396 e. The SMILES string of the molecule is CCCCCCCCCCCCCCCCCCNC(=O)NCCCCCO. The van der Waals surface area contributed by atoms with Gasteiger partial charge in [0.15, 0.2) is 0 Å². The first-order valence-corrected chi connectivity index (χ1v) is 12.4. The summed E-state index contributed by atoms with van der Waals surface area (Å²) in [5.74, 6) is 0. The molecule has 0 fully saturated rings. The van der Waals surface area contributed by atoms with Gasteiger partial charge in [-0.1, -0.05) is 103 Å². The number of carbonyl (C=O) groups is 1. The van der Waals surface area contributed by atoms with Crippen molar-refractivity contribution in [1.82, 2.24) is 10.6 Å². The van der Waals surface area contributed by atoms with Crippen molar-refractivity contribution >= 4 is 6.03 Å². The number of hydrogen-bond acceptors (Lipinski definition) is 2. The molecule has 0 aromatic carbocycles. The fraction of sp³-hybridized carbons (Fsp3) is 0.958. The van der Waals surface area contributed by atoms with Crippen LogP contribution in [0, 0.1) is 0 Å². The van der Waals surface area contributed by atoms with E-state index in [0.717, 1.165) is 32.2 Å². The van der Waals surface area contributed by atoms with Gasteiger partial charge in [-0.3, -0.25) is 0 Å². The Labute approximate surface area is 175 Å². The average molecular weight is 399 g/mol. The molecule has 0 aliphatic carbocycles. The Balaban J connectivity index is 3.09. The van der Waals surface area contributed by atoms with Crippen molar-refractivity contribution in [2.24, 2.45) is 0 Å². The number of rotatable bonds is 22. The normalized spacial score (nSPS) is 10.9. The van der Waals surface area contributed by atoms with Crippen LogP contribution in [0.1, 0.15) is 129 Å². The number of nitrogens with one attached hydrogen (secondary N) is 2. The van der Waals surface area contributed by atoms with E-state index < -0.39 is 0 Å². The molecule has 28 heavy (non-hydrogen) atoms. The predicted molar refractivity (Wildman–Crippen MR) is 122 cm³/mol. The van der Waals surface area contributed by atoms with Gasteiger partial charge in [0.05, 0.1) is 0 Å². The number of hydrogen-bond donors (Lipinski definition) is 3. The van der Waals surface area contributed by atoms with Crippen LogP contribution in [0.25, 0.3) is 0 Å². The number of aliphatic hydroxyl groups is 1. The highest BCUT2D eigenvalue weighted by atomic mass is 16.2. The standard InChI is InChI=1S/C24H50N2O2/c1-2-3-4-5-6-7-8-9-10-11-12-13-14-15-16-18-21-25-24(28)26-22-19-17-20-23-27/h27H,2-23H2,1H3,(H2,25,26,28). The van der Waals surface area contributed by atoms with E-state index in [9.17, 15) is 4.79 Å². The van der Waals surface area contributed by atoms with E-state index in [2.05, 4.69) is 17.6 Å². The molecular formula is C24H50N2O2. The van der Waals surface area contributed by atoms with Crippen molar-refractivity contribution in [1.29, 1.82) is 0 Å². The summed E-state index contributed by atoms with van der Waals surface area (Å²) < 4.78 is 0. The molecule has 4 nitrogen and oxygen atoms in total. The Morgan fingerprint density at radius 2 is 0.857 bits per heavy atom. The van der Waals surface area contributed by atoms with Gasteiger partial charge < -0.3 is 15.7 Å². The molecule has 0 bridgehead atoms. The third-order valence-electron chi connectivity index (χ3n) is 5.44. The number of carbonyl (C=O) groups excluding carboxylic acids is 1. The number of aliphatic hydroxyl groups excluding tert-OH is 1. The maximum Gasteiger partial charge on any atom is 0.314 e. The van der Waals surface area contributed by atoms with E-state index in [-0.39, 0.29) is 12.6 Å². The molecule has 0 radical (unpaired) electrons. The number of unbranched alkanes of at least 4 members (excludes halogenated alkanes) is 17. The van der Waals surface area contributed by atoms with Crippen molar-refractivity contribution in [3.63, 3.8) is 0 Å². The molecule has 168 valence electrons. The van der Waals surface area contributed by atoms with Crippen molar-refractivity contribution in [2.75, 3.05) is 19.7 Å². The third-order valence-corrected chi connectivity index (χ3v) is 5.44. The van der Waals surface area contributed by atoms with Crippen LogP contribution in [0.3, 0.4) is 0 Å². The minimum atomic E-state index is -0.0510. The van der Waals surface area contributed by atoms with Gasteiger partial charge in [-0.25, -0.2) is 4.79 Å². The summed E-state index contributed by atoms with van der Waals surface area (Å²) in [5, 5.41) is 14.5. The highest BCUT2D eigenvalue weighted by Gasteiger charge is 1.99. The van der Waals surface area contributed by atoms with Gasteiger partial charge in [0.25, 0.3) is 0 Å². The van der Waals surface area contributed by atoms with Crippen LogP contribution in [0.4, 0.5) is 4.79 Å². The van der Waals surface area contributed by atoms with Gasteiger partial charge in [-0.15, -0.1) is 0 Å². The van der Waals surface area contributed by atoms with Crippen LogP contribution >= 0.6 is 0 Å². The molecule has 0 unspecified atom stereocenters. The second-order valence-corrected chi connectivity index (χ2v) is 8.27. The fourth-order valence-corrected chi connectivity index (χ4v) is 3.55. The van der Waals surface area contributed by atoms with E-state index in [1.54, 1.807) is 0 Å². The first-order valence-electron chi connectivity index (χ1n) is 12.4. The molecule has 0 saturated heterocycles. The first kappa shape index (κ1) is 27.2. The Hall–Kier alpha value is -0.770. The molecule has 0 aromatic rings. The molecule has 0 aromatic heterocycles. The monoisotopic (exact) mass is 398 g/mol. The highest BCUT2D eigenvalue weighted by molar-refractivity contribution is 5.73. The Morgan fingerprint density at radius 1 is 0.536 bits per heavy atom. The molecule has 4 heteroatoms. The molecule has 0 heterocycles. The van der Waals surface area contributed by atoms with Crippen molar-refractivity contribution in [3.8, 4) is 0 Å². The van der Waals surface area contributed by atoms with E-state index in [1.807, 2.05) is 0 Å². The summed E-state index contributed by atoms with van der Waals surface area (Å²) >= 11 is 0. The summed E-state index contributed by atoms with van der Waals surface area (Å²) in [6.45, 7) is 4.00. The van der Waals surface area contributed by atoms with E-state index >= 15 is 0 Å². The van der Waals surface area contributed by atoms with Crippen LogP contribution < -0.4 is 10.6 Å². The fourth-order valence-electron chi connectivity index (χ4n) is 3.55. The second kappa shape index (κ2) is 24.3. The summed E-state index contributed by atoms with van der Waals surface area (Å²) in [6.07, 6.45) is 24.7. The van der Waals surface area contributed by atoms with Crippen molar-refractivity contribution in [3.05, 3.63) is 0 Å². The molecule has 0 saturated carbocycles. The lowest BCUT2D eigenvalue weighted by atomic mass is 10.0. The van der Waals surface area contributed by atoms with Gasteiger partial charge in [0.1, 0.15) is 0 Å². The lowest BCUT2D eigenvalue weighted by Crippen LogP contribution is -2.36. The first-order chi connectivity index (χ1) is 13.8. The zero-order valence-corrected chi connectivity index (χ0v) is 18.9.